The van der Waals surface area contributed by atoms with Gasteiger partial charge in [-0.3, -0.25) is 9.59 Å². The third-order valence-electron chi connectivity index (χ3n) is 6.44. The standard InChI is InChI=1S/C24H41N3O7/c1-9-33-21(31)24(11-16(28)17-13(4)18(17)24)27-19(29)14(5)25-20(30)15(10-12(2)3)26-22(32)34-23(6,7)8/h12-18,28H,9-11H2,1-8H3,(H,25,30)(H,26,32)(H,27,29)/t13-,14-,15-,16-,17+,18+,24-/m0/s1. The van der Waals surface area contributed by atoms with E-state index in [2.05, 4.69) is 16.0 Å². The van der Waals surface area contributed by atoms with E-state index in [0.717, 1.165) is 0 Å². The fraction of sp³-hybridized carbons (Fsp3) is 0.833. The van der Waals surface area contributed by atoms with Crippen LogP contribution < -0.4 is 16.0 Å². The summed E-state index contributed by atoms with van der Waals surface area (Å²) in [5.74, 6) is -1.77. The smallest absolute Gasteiger partial charge is 0.408 e. The van der Waals surface area contributed by atoms with Gasteiger partial charge in [0.05, 0.1) is 12.7 Å². The Morgan fingerprint density at radius 3 is 2.18 bits per heavy atom. The number of aliphatic hydroxyl groups is 1. The molecule has 4 N–H and O–H groups in total. The molecule has 0 unspecified atom stereocenters. The Morgan fingerprint density at radius 1 is 1.09 bits per heavy atom. The number of carbonyl (C=O) groups excluding carboxylic acids is 4. The minimum atomic E-state index is -1.32. The van der Waals surface area contributed by atoms with E-state index in [0.29, 0.717) is 6.42 Å². The quantitative estimate of drug-likeness (QED) is 0.364. The highest BCUT2D eigenvalue weighted by atomic mass is 16.6. The lowest BCUT2D eigenvalue weighted by atomic mass is 9.89. The molecule has 2 saturated carbocycles. The summed E-state index contributed by atoms with van der Waals surface area (Å²) in [6.07, 6.45) is -1.00. The topological polar surface area (TPSA) is 143 Å². The largest absolute Gasteiger partial charge is 0.464 e. The third-order valence-corrected chi connectivity index (χ3v) is 6.44. The van der Waals surface area contributed by atoms with E-state index in [1.54, 1.807) is 27.7 Å². The van der Waals surface area contributed by atoms with Crippen molar-refractivity contribution >= 4 is 23.9 Å². The second kappa shape index (κ2) is 10.5. The van der Waals surface area contributed by atoms with Gasteiger partial charge in [0.2, 0.25) is 11.8 Å². The molecule has 10 nitrogen and oxygen atoms in total. The number of fused-ring (bicyclic) bond motifs is 1. The van der Waals surface area contributed by atoms with Crippen LogP contribution in [0.4, 0.5) is 4.79 Å². The van der Waals surface area contributed by atoms with Crippen LogP contribution in [0.1, 0.15) is 68.2 Å². The molecule has 0 spiro atoms. The zero-order valence-electron chi connectivity index (χ0n) is 21.6. The van der Waals surface area contributed by atoms with Crippen LogP contribution in [0.3, 0.4) is 0 Å². The summed E-state index contributed by atoms with van der Waals surface area (Å²) in [7, 11) is 0. The van der Waals surface area contributed by atoms with E-state index in [-0.39, 0.29) is 36.7 Å². The highest BCUT2D eigenvalue weighted by Crippen LogP contribution is 2.62. The van der Waals surface area contributed by atoms with E-state index in [1.807, 2.05) is 20.8 Å². The monoisotopic (exact) mass is 483 g/mol. The van der Waals surface area contributed by atoms with Gasteiger partial charge in [0.25, 0.3) is 0 Å². The molecule has 194 valence electrons. The molecule has 34 heavy (non-hydrogen) atoms. The van der Waals surface area contributed by atoms with Crippen LogP contribution in [0.25, 0.3) is 0 Å². The first-order valence-corrected chi connectivity index (χ1v) is 12.1. The van der Waals surface area contributed by atoms with Gasteiger partial charge >= 0.3 is 12.1 Å². The van der Waals surface area contributed by atoms with Crippen LogP contribution in [0.2, 0.25) is 0 Å². The zero-order valence-corrected chi connectivity index (χ0v) is 21.6. The molecule has 3 amide bonds. The molecule has 2 aliphatic rings. The van der Waals surface area contributed by atoms with Crippen molar-refractivity contribution in [2.75, 3.05) is 6.61 Å². The number of aliphatic hydroxyl groups excluding tert-OH is 1. The number of rotatable bonds is 9. The number of hydrogen-bond donors (Lipinski definition) is 4. The molecule has 0 bridgehead atoms. The van der Waals surface area contributed by atoms with Gasteiger partial charge in [0.1, 0.15) is 23.2 Å². The summed E-state index contributed by atoms with van der Waals surface area (Å²) in [6, 6.07) is -1.88. The van der Waals surface area contributed by atoms with Crippen LogP contribution in [-0.4, -0.2) is 64.9 Å². The first-order chi connectivity index (χ1) is 15.6. The Morgan fingerprint density at radius 2 is 1.71 bits per heavy atom. The average molecular weight is 484 g/mol. The number of esters is 1. The minimum absolute atomic E-state index is 0.0666. The Labute approximate surface area is 201 Å². The Balaban J connectivity index is 2.08. The molecule has 0 saturated heterocycles. The van der Waals surface area contributed by atoms with Gasteiger partial charge in [-0.25, -0.2) is 9.59 Å². The van der Waals surface area contributed by atoms with Crippen LogP contribution >= 0.6 is 0 Å². The van der Waals surface area contributed by atoms with Crippen molar-refractivity contribution in [2.24, 2.45) is 23.7 Å². The van der Waals surface area contributed by atoms with Gasteiger partial charge in [0, 0.05) is 12.3 Å². The van der Waals surface area contributed by atoms with E-state index in [4.69, 9.17) is 9.47 Å². The fourth-order valence-electron chi connectivity index (χ4n) is 4.99. The van der Waals surface area contributed by atoms with Crippen molar-refractivity contribution in [3.05, 3.63) is 0 Å². The molecule has 2 aliphatic carbocycles. The summed E-state index contributed by atoms with van der Waals surface area (Å²) in [4.78, 5) is 51.0. The molecule has 0 aromatic rings. The van der Waals surface area contributed by atoms with Crippen LogP contribution in [0.15, 0.2) is 0 Å². The molecule has 2 fully saturated rings. The van der Waals surface area contributed by atoms with Gasteiger partial charge in [-0.2, -0.15) is 0 Å². The first-order valence-electron chi connectivity index (χ1n) is 12.1. The number of nitrogens with one attached hydrogen (secondary N) is 3. The highest BCUT2D eigenvalue weighted by molar-refractivity contribution is 5.94. The maximum absolute atomic E-state index is 13.1. The van der Waals surface area contributed by atoms with Crippen molar-refractivity contribution in [2.45, 2.75) is 97.6 Å². The van der Waals surface area contributed by atoms with E-state index in [9.17, 15) is 24.3 Å². The lowest BCUT2D eigenvalue weighted by Crippen LogP contribution is -2.61. The van der Waals surface area contributed by atoms with Crippen molar-refractivity contribution in [1.29, 1.82) is 0 Å². The maximum Gasteiger partial charge on any atom is 0.408 e. The van der Waals surface area contributed by atoms with Crippen molar-refractivity contribution in [1.82, 2.24) is 16.0 Å². The second-order valence-corrected chi connectivity index (χ2v) is 11.0. The minimum Gasteiger partial charge on any atom is -0.464 e. The van der Waals surface area contributed by atoms with E-state index in [1.165, 1.54) is 6.92 Å². The molecular formula is C24H41N3O7. The lowest BCUT2D eigenvalue weighted by Gasteiger charge is -2.32. The Hall–Kier alpha value is -2.36. The normalized spacial score (nSPS) is 29.5. The number of alkyl carbamates (subject to hydrolysis) is 1. The molecule has 0 radical (unpaired) electrons. The summed E-state index contributed by atoms with van der Waals surface area (Å²) in [6.45, 7) is 14.3. The molecular weight excluding hydrogens is 442 g/mol. The number of ether oxygens (including phenoxy) is 2. The summed E-state index contributed by atoms with van der Waals surface area (Å²) >= 11 is 0. The molecule has 0 aliphatic heterocycles. The van der Waals surface area contributed by atoms with Gasteiger partial charge in [-0.05, 0) is 58.8 Å². The predicted octanol–water partition coefficient (Wildman–Crippen LogP) is 1.50. The average Bonchev–Trinajstić information content (AvgIpc) is 3.26. The van der Waals surface area contributed by atoms with Gasteiger partial charge in [0.15, 0.2) is 0 Å². The fourth-order valence-corrected chi connectivity index (χ4v) is 4.99. The SMILES string of the molecule is CCOC(=O)[C@]1(NC(=O)[C@H](C)NC(=O)[C@H](CC(C)C)NC(=O)OC(C)(C)C)C[C@H](O)[C@H]2[C@H](C)[C@H]21. The second-order valence-electron chi connectivity index (χ2n) is 11.0. The van der Waals surface area contributed by atoms with Crippen LogP contribution in [0, 0.1) is 23.7 Å². The number of amides is 3. The number of carbonyl (C=O) groups is 4. The summed E-state index contributed by atoms with van der Waals surface area (Å²) in [5, 5.41) is 18.4. The maximum atomic E-state index is 13.1. The van der Waals surface area contributed by atoms with Crippen LogP contribution in [-0.2, 0) is 23.9 Å². The predicted molar refractivity (Wildman–Crippen MR) is 124 cm³/mol. The van der Waals surface area contributed by atoms with Gasteiger partial charge < -0.3 is 30.5 Å². The molecule has 7 atom stereocenters. The molecule has 2 rings (SSSR count). The zero-order chi connectivity index (χ0) is 26.0. The molecule has 0 aromatic heterocycles. The van der Waals surface area contributed by atoms with Gasteiger partial charge in [-0.15, -0.1) is 0 Å². The molecule has 10 heteroatoms. The van der Waals surface area contributed by atoms with Crippen LogP contribution in [0.5, 0.6) is 0 Å². The molecule has 0 heterocycles. The lowest BCUT2D eigenvalue weighted by molar-refractivity contribution is -0.155. The third kappa shape index (κ3) is 6.40. The summed E-state index contributed by atoms with van der Waals surface area (Å²) < 4.78 is 10.5. The van der Waals surface area contributed by atoms with Crippen molar-refractivity contribution < 1.29 is 33.8 Å². The van der Waals surface area contributed by atoms with Gasteiger partial charge in [-0.1, -0.05) is 20.8 Å². The van der Waals surface area contributed by atoms with E-state index < -0.39 is 53.2 Å². The first kappa shape index (κ1) is 27.9. The van der Waals surface area contributed by atoms with Crippen molar-refractivity contribution in [3.8, 4) is 0 Å². The molecule has 0 aromatic carbocycles. The Bertz CT molecular complexity index is 794. The number of hydrogen-bond acceptors (Lipinski definition) is 7. The highest BCUT2D eigenvalue weighted by Gasteiger charge is 2.71. The van der Waals surface area contributed by atoms with E-state index >= 15 is 0 Å². The van der Waals surface area contributed by atoms with Crippen molar-refractivity contribution in [3.63, 3.8) is 0 Å². The summed E-state index contributed by atoms with van der Waals surface area (Å²) in [5.41, 5.74) is -2.04. The Kier molecular flexibility index (Phi) is 8.61.